The van der Waals surface area contributed by atoms with Crippen LogP contribution < -0.4 is 20.2 Å². The van der Waals surface area contributed by atoms with Crippen molar-refractivity contribution >= 4 is 29.2 Å². The predicted octanol–water partition coefficient (Wildman–Crippen LogP) is 4.23. The van der Waals surface area contributed by atoms with Crippen LogP contribution >= 0.6 is 12.2 Å². The van der Waals surface area contributed by atoms with Crippen LogP contribution in [0.1, 0.15) is 16.7 Å². The number of nitrogens with zero attached hydrogens (tertiary/aromatic N) is 1. The highest BCUT2D eigenvalue weighted by atomic mass is 32.1. The summed E-state index contributed by atoms with van der Waals surface area (Å²) in [4.78, 5) is 0. The van der Waals surface area contributed by atoms with Crippen LogP contribution in [-0.2, 0) is 0 Å². The second-order valence-corrected chi connectivity index (χ2v) is 5.84. The average molecular weight is 379 g/mol. The minimum atomic E-state index is -2.92. The molecule has 0 radical (unpaired) electrons. The fourth-order valence-electron chi connectivity index (χ4n) is 2.23. The van der Waals surface area contributed by atoms with Crippen LogP contribution in [-0.4, -0.2) is 25.0 Å². The Bertz CT molecular complexity index is 813. The maximum atomic E-state index is 12.3. The van der Waals surface area contributed by atoms with Gasteiger partial charge in [-0.3, -0.25) is 5.43 Å². The summed E-state index contributed by atoms with van der Waals surface area (Å²) in [5, 5.41) is 7.41. The molecule has 2 N–H and O–H groups in total. The molecule has 2 aromatic carbocycles. The predicted molar refractivity (Wildman–Crippen MR) is 102 cm³/mol. The molecule has 0 fully saturated rings. The molecule has 0 spiro atoms. The highest BCUT2D eigenvalue weighted by Crippen LogP contribution is 2.28. The van der Waals surface area contributed by atoms with Gasteiger partial charge in [0.05, 0.1) is 13.3 Å². The number of hydrazone groups is 1. The number of hydrogen-bond acceptors (Lipinski definition) is 4. The van der Waals surface area contributed by atoms with Gasteiger partial charge in [0.25, 0.3) is 0 Å². The normalized spacial score (nSPS) is 10.8. The van der Waals surface area contributed by atoms with E-state index in [2.05, 4.69) is 20.6 Å². The molecule has 138 valence electrons. The number of halogens is 2. The molecule has 0 aliphatic carbocycles. The van der Waals surface area contributed by atoms with Crippen LogP contribution in [0.4, 0.5) is 14.5 Å². The lowest BCUT2D eigenvalue weighted by Crippen LogP contribution is -2.24. The van der Waals surface area contributed by atoms with Crippen LogP contribution in [0.5, 0.6) is 11.5 Å². The van der Waals surface area contributed by atoms with Crippen molar-refractivity contribution in [2.75, 3.05) is 12.4 Å². The van der Waals surface area contributed by atoms with Crippen molar-refractivity contribution in [2.45, 2.75) is 20.5 Å². The first-order chi connectivity index (χ1) is 12.4. The number of methoxy groups -OCH3 is 1. The van der Waals surface area contributed by atoms with Gasteiger partial charge in [0, 0.05) is 5.69 Å². The van der Waals surface area contributed by atoms with Crippen LogP contribution in [0, 0.1) is 13.8 Å². The Morgan fingerprint density at radius 2 is 1.92 bits per heavy atom. The minimum absolute atomic E-state index is 0.0420. The van der Waals surface area contributed by atoms with Crippen molar-refractivity contribution in [3.63, 3.8) is 0 Å². The maximum absolute atomic E-state index is 12.3. The maximum Gasteiger partial charge on any atom is 0.387 e. The number of nitrogens with one attached hydrogen (secondary N) is 2. The number of alkyl halides is 2. The lowest BCUT2D eigenvalue weighted by Gasteiger charge is -2.11. The minimum Gasteiger partial charge on any atom is -0.493 e. The molecule has 5 nitrogen and oxygen atoms in total. The van der Waals surface area contributed by atoms with E-state index in [-0.39, 0.29) is 11.5 Å². The van der Waals surface area contributed by atoms with E-state index in [9.17, 15) is 8.78 Å². The third-order valence-corrected chi connectivity index (χ3v) is 3.61. The van der Waals surface area contributed by atoms with Gasteiger partial charge in [-0.1, -0.05) is 17.7 Å². The molecule has 26 heavy (non-hydrogen) atoms. The second kappa shape index (κ2) is 9.10. The van der Waals surface area contributed by atoms with Crippen molar-refractivity contribution in [3.8, 4) is 11.5 Å². The summed E-state index contributed by atoms with van der Waals surface area (Å²) in [5.41, 5.74) is 6.45. The Balaban J connectivity index is 1.98. The third kappa shape index (κ3) is 5.66. The Morgan fingerprint density at radius 1 is 1.15 bits per heavy atom. The summed E-state index contributed by atoms with van der Waals surface area (Å²) in [5.74, 6) is 0.143. The fourth-order valence-corrected chi connectivity index (χ4v) is 2.39. The van der Waals surface area contributed by atoms with Crippen molar-refractivity contribution in [2.24, 2.45) is 5.10 Å². The van der Waals surface area contributed by atoms with Gasteiger partial charge < -0.3 is 14.8 Å². The van der Waals surface area contributed by atoms with Gasteiger partial charge in [0.1, 0.15) is 0 Å². The topological polar surface area (TPSA) is 54.9 Å². The smallest absolute Gasteiger partial charge is 0.387 e. The Kier molecular flexibility index (Phi) is 6.85. The first-order valence-corrected chi connectivity index (χ1v) is 8.10. The molecule has 0 heterocycles. The van der Waals surface area contributed by atoms with Crippen molar-refractivity contribution in [3.05, 3.63) is 53.1 Å². The standard InChI is InChI=1S/C18H19F2N3O2S/c1-11-4-6-14(12(2)8-11)22-18(26)23-21-10-13-5-7-15(25-17(19)20)16(9-13)24-3/h4-10,17H,1-3H3,(H2,22,23,26)/b21-10+. The molecule has 0 aliphatic rings. The third-order valence-electron chi connectivity index (χ3n) is 3.41. The summed E-state index contributed by atoms with van der Waals surface area (Å²) in [6, 6.07) is 10.5. The number of anilines is 1. The van der Waals surface area contributed by atoms with Crippen molar-refractivity contribution < 1.29 is 18.3 Å². The van der Waals surface area contributed by atoms with E-state index in [1.807, 2.05) is 32.0 Å². The molecule has 0 aliphatic heterocycles. The van der Waals surface area contributed by atoms with Gasteiger partial charge in [0.2, 0.25) is 0 Å². The molecule has 0 saturated carbocycles. The summed E-state index contributed by atoms with van der Waals surface area (Å²) in [6.07, 6.45) is 1.49. The highest BCUT2D eigenvalue weighted by Gasteiger charge is 2.10. The quantitative estimate of drug-likeness (QED) is 0.447. The zero-order valence-electron chi connectivity index (χ0n) is 14.5. The van der Waals surface area contributed by atoms with Crippen LogP contribution in [0.25, 0.3) is 0 Å². The first-order valence-electron chi connectivity index (χ1n) is 7.69. The van der Waals surface area contributed by atoms with Crippen molar-refractivity contribution in [1.29, 1.82) is 0 Å². The Labute approximate surface area is 156 Å². The Hall–Kier alpha value is -2.74. The summed E-state index contributed by atoms with van der Waals surface area (Å²) in [6.45, 7) is 1.08. The monoisotopic (exact) mass is 379 g/mol. The molecule has 2 aromatic rings. The number of rotatable bonds is 6. The summed E-state index contributed by atoms with van der Waals surface area (Å²) in [7, 11) is 1.37. The first kappa shape index (κ1) is 19.6. The molecule has 2 rings (SSSR count). The average Bonchev–Trinajstić information content (AvgIpc) is 2.58. The van der Waals surface area contributed by atoms with E-state index in [1.165, 1.54) is 25.5 Å². The number of hydrogen-bond donors (Lipinski definition) is 2. The van der Waals surface area contributed by atoms with Gasteiger partial charge in [-0.25, -0.2) is 0 Å². The second-order valence-electron chi connectivity index (χ2n) is 5.43. The molecule has 0 atom stereocenters. The van der Waals surface area contributed by atoms with Gasteiger partial charge in [-0.05, 0) is 61.5 Å². The van der Waals surface area contributed by atoms with E-state index in [1.54, 1.807) is 6.07 Å². The zero-order chi connectivity index (χ0) is 19.1. The largest absolute Gasteiger partial charge is 0.493 e. The number of aryl methyl sites for hydroxylation is 2. The summed E-state index contributed by atoms with van der Waals surface area (Å²) >= 11 is 5.20. The molecule has 0 saturated heterocycles. The Morgan fingerprint density at radius 3 is 2.58 bits per heavy atom. The molecule has 0 bridgehead atoms. The zero-order valence-corrected chi connectivity index (χ0v) is 15.4. The van der Waals surface area contributed by atoms with E-state index in [0.717, 1.165) is 16.8 Å². The van der Waals surface area contributed by atoms with E-state index >= 15 is 0 Å². The van der Waals surface area contributed by atoms with E-state index in [4.69, 9.17) is 17.0 Å². The van der Waals surface area contributed by atoms with Crippen LogP contribution in [0.2, 0.25) is 0 Å². The molecular weight excluding hydrogens is 360 g/mol. The van der Waals surface area contributed by atoms with Crippen molar-refractivity contribution in [1.82, 2.24) is 5.43 Å². The SMILES string of the molecule is COc1cc(/C=N/NC(=S)Nc2ccc(C)cc2C)ccc1OC(F)F. The number of ether oxygens (including phenoxy) is 2. The molecule has 0 amide bonds. The molecule has 0 unspecified atom stereocenters. The van der Waals surface area contributed by atoms with Gasteiger partial charge in [-0.15, -0.1) is 0 Å². The van der Waals surface area contributed by atoms with Gasteiger partial charge in [-0.2, -0.15) is 13.9 Å². The fraction of sp³-hybridized carbons (Fsp3) is 0.222. The lowest BCUT2D eigenvalue weighted by molar-refractivity contribution is -0.0512. The number of benzene rings is 2. The van der Waals surface area contributed by atoms with Gasteiger partial charge in [0.15, 0.2) is 16.6 Å². The summed E-state index contributed by atoms with van der Waals surface area (Å²) < 4.78 is 34.1. The molecule has 0 aromatic heterocycles. The molecular formula is C18H19F2N3O2S. The van der Waals surface area contributed by atoms with Crippen LogP contribution in [0.15, 0.2) is 41.5 Å². The van der Waals surface area contributed by atoms with Gasteiger partial charge >= 0.3 is 6.61 Å². The lowest BCUT2D eigenvalue weighted by atomic mass is 10.1. The van der Waals surface area contributed by atoms with E-state index in [0.29, 0.717) is 10.7 Å². The van der Waals surface area contributed by atoms with E-state index < -0.39 is 6.61 Å². The number of thiocarbonyl (C=S) groups is 1. The van der Waals surface area contributed by atoms with Crippen LogP contribution in [0.3, 0.4) is 0 Å². The molecule has 8 heteroatoms. The highest BCUT2D eigenvalue weighted by molar-refractivity contribution is 7.80.